The van der Waals surface area contributed by atoms with Crippen LogP contribution in [0.5, 0.6) is 11.5 Å². The predicted molar refractivity (Wildman–Crippen MR) is 66.2 cm³/mol. The summed E-state index contributed by atoms with van der Waals surface area (Å²) in [7, 11) is 0. The van der Waals surface area contributed by atoms with Gasteiger partial charge in [0.25, 0.3) is 0 Å². The van der Waals surface area contributed by atoms with Gasteiger partial charge in [-0.3, -0.25) is 0 Å². The Bertz CT molecular complexity index is 506. The molecule has 0 unspecified atom stereocenters. The molecule has 0 saturated carbocycles. The minimum absolute atomic E-state index is 0.131. The van der Waals surface area contributed by atoms with Crippen molar-refractivity contribution in [1.29, 1.82) is 0 Å². The van der Waals surface area contributed by atoms with E-state index >= 15 is 0 Å². The van der Waals surface area contributed by atoms with Crippen molar-refractivity contribution >= 4 is 0 Å². The molecule has 0 aliphatic carbocycles. The van der Waals surface area contributed by atoms with E-state index in [-0.39, 0.29) is 5.75 Å². The topological polar surface area (TPSA) is 58.1 Å². The average Bonchev–Trinajstić information content (AvgIpc) is 2.80. The monoisotopic (exact) mass is 232 g/mol. The normalized spacial score (nSPS) is 10.5. The number of phenols is 1. The van der Waals surface area contributed by atoms with Crippen LogP contribution in [0.1, 0.15) is 19.5 Å². The van der Waals surface area contributed by atoms with Crippen molar-refractivity contribution in [2.24, 2.45) is 0 Å². The minimum Gasteiger partial charge on any atom is -0.504 e. The minimum atomic E-state index is 0.131. The number of aromatic amines is 1. The van der Waals surface area contributed by atoms with Crippen LogP contribution in [-0.4, -0.2) is 21.7 Å². The van der Waals surface area contributed by atoms with Crippen molar-refractivity contribution in [3.8, 4) is 22.9 Å². The quantitative estimate of drug-likeness (QED) is 0.852. The summed E-state index contributed by atoms with van der Waals surface area (Å²) < 4.78 is 5.34. The molecular formula is C13H16N2O2. The molecule has 0 aliphatic rings. The molecule has 0 fully saturated rings. The fourth-order valence-electron chi connectivity index (χ4n) is 1.66. The molecule has 2 aromatic rings. The highest BCUT2D eigenvalue weighted by atomic mass is 16.5. The smallest absolute Gasteiger partial charge is 0.168 e. The molecule has 0 bridgehead atoms. The molecular weight excluding hydrogens is 216 g/mol. The molecule has 0 saturated heterocycles. The van der Waals surface area contributed by atoms with Gasteiger partial charge in [-0.15, -0.1) is 0 Å². The molecule has 0 spiro atoms. The van der Waals surface area contributed by atoms with Gasteiger partial charge in [0.1, 0.15) is 5.82 Å². The van der Waals surface area contributed by atoms with Gasteiger partial charge in [-0.25, -0.2) is 4.98 Å². The van der Waals surface area contributed by atoms with Crippen LogP contribution in [0.25, 0.3) is 11.4 Å². The maximum absolute atomic E-state index is 10.1. The third kappa shape index (κ3) is 2.25. The van der Waals surface area contributed by atoms with Crippen molar-refractivity contribution in [2.45, 2.75) is 20.3 Å². The zero-order valence-corrected chi connectivity index (χ0v) is 10.0. The molecule has 4 nitrogen and oxygen atoms in total. The Morgan fingerprint density at radius 1 is 1.35 bits per heavy atom. The second-order valence-corrected chi connectivity index (χ2v) is 3.68. The number of rotatable bonds is 4. The molecule has 0 radical (unpaired) electrons. The fourth-order valence-corrected chi connectivity index (χ4v) is 1.66. The maximum Gasteiger partial charge on any atom is 0.168 e. The number of nitrogens with one attached hydrogen (secondary N) is 1. The molecule has 0 amide bonds. The van der Waals surface area contributed by atoms with Crippen molar-refractivity contribution in [1.82, 2.24) is 9.97 Å². The van der Waals surface area contributed by atoms with E-state index in [2.05, 4.69) is 9.97 Å². The van der Waals surface area contributed by atoms with Crippen LogP contribution < -0.4 is 4.74 Å². The van der Waals surface area contributed by atoms with Crippen LogP contribution in [0.4, 0.5) is 0 Å². The van der Waals surface area contributed by atoms with Gasteiger partial charge in [-0.2, -0.15) is 0 Å². The lowest BCUT2D eigenvalue weighted by molar-refractivity contribution is 0.318. The van der Waals surface area contributed by atoms with Gasteiger partial charge in [0.2, 0.25) is 0 Å². The number of hydrogen-bond acceptors (Lipinski definition) is 3. The van der Waals surface area contributed by atoms with E-state index < -0.39 is 0 Å². The van der Waals surface area contributed by atoms with Crippen LogP contribution >= 0.6 is 0 Å². The number of phenolic OH excluding ortho intramolecular Hbond substituents is 1. The van der Waals surface area contributed by atoms with Gasteiger partial charge >= 0.3 is 0 Å². The summed E-state index contributed by atoms with van der Waals surface area (Å²) in [5.74, 6) is 1.28. The largest absolute Gasteiger partial charge is 0.504 e. The van der Waals surface area contributed by atoms with E-state index in [1.807, 2.05) is 32.2 Å². The molecule has 0 aliphatic heterocycles. The summed E-state index contributed by atoms with van der Waals surface area (Å²) in [5, 5.41) is 10.1. The van der Waals surface area contributed by atoms with Gasteiger partial charge in [0.05, 0.1) is 17.9 Å². The van der Waals surface area contributed by atoms with Crippen LogP contribution in [0, 0.1) is 0 Å². The van der Waals surface area contributed by atoms with E-state index in [1.165, 1.54) is 0 Å². The average molecular weight is 232 g/mol. The lowest BCUT2D eigenvalue weighted by Crippen LogP contribution is -1.93. The Balaban J connectivity index is 2.41. The Morgan fingerprint density at radius 2 is 2.18 bits per heavy atom. The lowest BCUT2D eigenvalue weighted by Gasteiger charge is -2.08. The van der Waals surface area contributed by atoms with Gasteiger partial charge in [-0.05, 0) is 25.5 Å². The molecule has 2 rings (SSSR count). The highest BCUT2D eigenvalue weighted by Gasteiger charge is 2.12. The number of H-pyrrole nitrogens is 1. The van der Waals surface area contributed by atoms with Crippen LogP contribution in [0.15, 0.2) is 24.4 Å². The van der Waals surface area contributed by atoms with E-state index in [0.29, 0.717) is 23.7 Å². The van der Waals surface area contributed by atoms with Crippen molar-refractivity contribution < 1.29 is 9.84 Å². The third-order valence-corrected chi connectivity index (χ3v) is 2.55. The van der Waals surface area contributed by atoms with Crippen molar-refractivity contribution in [2.75, 3.05) is 6.61 Å². The summed E-state index contributed by atoms with van der Waals surface area (Å²) in [6.07, 6.45) is 2.71. The second-order valence-electron chi connectivity index (χ2n) is 3.68. The maximum atomic E-state index is 10.1. The van der Waals surface area contributed by atoms with Crippen LogP contribution in [-0.2, 0) is 6.42 Å². The molecule has 17 heavy (non-hydrogen) atoms. The number of hydrogen-bond donors (Lipinski definition) is 2. The molecule has 4 heteroatoms. The number of para-hydroxylation sites is 1. The second kappa shape index (κ2) is 4.91. The standard InChI is InChI=1S/C13H16N2O2/c1-3-9-8-14-13(15-9)10-6-5-7-11(12(10)16)17-4-2/h5-8,16H,3-4H2,1-2H3,(H,14,15). The first-order chi connectivity index (χ1) is 8.26. The number of nitrogens with zero attached hydrogens (tertiary/aromatic N) is 1. The molecule has 0 atom stereocenters. The van der Waals surface area contributed by atoms with E-state index in [4.69, 9.17) is 4.74 Å². The Morgan fingerprint density at radius 3 is 2.82 bits per heavy atom. The Kier molecular flexibility index (Phi) is 3.32. The number of imidazole rings is 1. The SMILES string of the molecule is CCOc1cccc(-c2nc(CC)c[nH]2)c1O. The number of ether oxygens (including phenoxy) is 1. The van der Waals surface area contributed by atoms with Crippen LogP contribution in [0.3, 0.4) is 0 Å². The summed E-state index contributed by atoms with van der Waals surface area (Å²) in [6, 6.07) is 5.40. The number of benzene rings is 1. The first-order valence-corrected chi connectivity index (χ1v) is 5.75. The molecule has 1 heterocycles. The zero-order chi connectivity index (χ0) is 12.3. The Hall–Kier alpha value is -1.97. The molecule has 90 valence electrons. The van der Waals surface area contributed by atoms with Gasteiger partial charge in [-0.1, -0.05) is 13.0 Å². The van der Waals surface area contributed by atoms with Gasteiger partial charge < -0.3 is 14.8 Å². The predicted octanol–water partition coefficient (Wildman–Crippen LogP) is 2.74. The van der Waals surface area contributed by atoms with E-state index in [1.54, 1.807) is 6.07 Å². The van der Waals surface area contributed by atoms with E-state index in [9.17, 15) is 5.11 Å². The lowest BCUT2D eigenvalue weighted by atomic mass is 10.2. The van der Waals surface area contributed by atoms with Crippen molar-refractivity contribution in [3.05, 3.63) is 30.1 Å². The molecule has 1 aromatic carbocycles. The zero-order valence-electron chi connectivity index (χ0n) is 10.0. The number of aryl methyl sites for hydroxylation is 1. The molecule has 2 N–H and O–H groups in total. The first kappa shape index (κ1) is 11.5. The summed E-state index contributed by atoms with van der Waals surface area (Å²) in [6.45, 7) is 4.44. The first-order valence-electron chi connectivity index (χ1n) is 5.75. The highest BCUT2D eigenvalue weighted by molar-refractivity contribution is 5.68. The van der Waals surface area contributed by atoms with E-state index in [0.717, 1.165) is 12.1 Å². The third-order valence-electron chi connectivity index (χ3n) is 2.55. The highest BCUT2D eigenvalue weighted by Crippen LogP contribution is 2.35. The van der Waals surface area contributed by atoms with Crippen LogP contribution in [0.2, 0.25) is 0 Å². The number of aromatic hydroxyl groups is 1. The summed E-state index contributed by atoms with van der Waals surface area (Å²) >= 11 is 0. The summed E-state index contributed by atoms with van der Waals surface area (Å²) in [5.41, 5.74) is 1.64. The van der Waals surface area contributed by atoms with Gasteiger partial charge in [0.15, 0.2) is 11.5 Å². The fraction of sp³-hybridized carbons (Fsp3) is 0.308. The van der Waals surface area contributed by atoms with Crippen molar-refractivity contribution in [3.63, 3.8) is 0 Å². The number of aromatic nitrogens is 2. The Labute approximate surface area is 100 Å². The van der Waals surface area contributed by atoms with Gasteiger partial charge in [0, 0.05) is 6.20 Å². The summed E-state index contributed by atoms with van der Waals surface area (Å²) in [4.78, 5) is 7.45. The molecule has 1 aromatic heterocycles.